The molecule has 0 unspecified atom stereocenters. The van der Waals surface area contributed by atoms with Crippen molar-refractivity contribution in [3.63, 3.8) is 0 Å². The minimum Gasteiger partial charge on any atom is -0.362 e. The van der Waals surface area contributed by atoms with Gasteiger partial charge in [-0.1, -0.05) is 18.2 Å². The highest BCUT2D eigenvalue weighted by molar-refractivity contribution is 7.99. The Hall–Kier alpha value is -0.740. The van der Waals surface area contributed by atoms with Crippen LogP contribution in [0.15, 0.2) is 35.2 Å². The van der Waals surface area contributed by atoms with Gasteiger partial charge in [0.1, 0.15) is 0 Å². The highest BCUT2D eigenvalue weighted by Gasteiger charge is 1.97. The number of nitrogens with one attached hydrogen (secondary N) is 2. The number of hydrogen-bond acceptors (Lipinski definition) is 2. The molecule has 0 saturated heterocycles. The number of thiocarbonyl (C=S) groups is 1. The molecular formula is C12H18N2S2. The SMILES string of the molecule is CC(C)NC(=S)NCCSc1ccccc1. The van der Waals surface area contributed by atoms with Gasteiger partial charge in [0, 0.05) is 23.2 Å². The second-order valence-electron chi connectivity index (χ2n) is 3.72. The summed E-state index contributed by atoms with van der Waals surface area (Å²) >= 11 is 6.96. The molecule has 1 aromatic rings. The third-order valence-corrected chi connectivity index (χ3v) is 3.10. The van der Waals surface area contributed by atoms with Gasteiger partial charge >= 0.3 is 0 Å². The van der Waals surface area contributed by atoms with Crippen molar-refractivity contribution >= 4 is 29.1 Å². The molecule has 16 heavy (non-hydrogen) atoms. The van der Waals surface area contributed by atoms with Crippen molar-refractivity contribution in [3.05, 3.63) is 30.3 Å². The summed E-state index contributed by atoms with van der Waals surface area (Å²) in [7, 11) is 0. The molecule has 0 saturated carbocycles. The Morgan fingerprint density at radius 2 is 2.00 bits per heavy atom. The first-order valence-electron chi connectivity index (χ1n) is 5.40. The minimum atomic E-state index is 0.391. The van der Waals surface area contributed by atoms with E-state index in [1.165, 1.54) is 4.90 Å². The van der Waals surface area contributed by atoms with Crippen LogP contribution in [0.3, 0.4) is 0 Å². The maximum Gasteiger partial charge on any atom is 0.166 e. The van der Waals surface area contributed by atoms with Crippen molar-refractivity contribution in [3.8, 4) is 0 Å². The van der Waals surface area contributed by atoms with E-state index in [2.05, 4.69) is 48.7 Å². The predicted octanol–water partition coefficient (Wildman–Crippen LogP) is 2.65. The lowest BCUT2D eigenvalue weighted by Crippen LogP contribution is -2.40. The van der Waals surface area contributed by atoms with Gasteiger partial charge in [0.2, 0.25) is 0 Å². The maximum absolute atomic E-state index is 5.13. The molecule has 4 heteroatoms. The number of thioether (sulfide) groups is 1. The summed E-state index contributed by atoms with van der Waals surface area (Å²) in [6.45, 7) is 5.04. The lowest BCUT2D eigenvalue weighted by Gasteiger charge is -2.12. The maximum atomic E-state index is 5.13. The first-order valence-corrected chi connectivity index (χ1v) is 6.80. The van der Waals surface area contributed by atoms with Crippen LogP contribution in [0.2, 0.25) is 0 Å². The fraction of sp³-hybridized carbons (Fsp3) is 0.417. The van der Waals surface area contributed by atoms with Crippen molar-refractivity contribution in [2.45, 2.75) is 24.8 Å². The monoisotopic (exact) mass is 254 g/mol. The van der Waals surface area contributed by atoms with Gasteiger partial charge in [0.15, 0.2) is 5.11 Å². The molecule has 0 atom stereocenters. The van der Waals surface area contributed by atoms with Gasteiger partial charge in [0.25, 0.3) is 0 Å². The van der Waals surface area contributed by atoms with Gasteiger partial charge in [-0.2, -0.15) is 0 Å². The van der Waals surface area contributed by atoms with E-state index in [-0.39, 0.29) is 0 Å². The van der Waals surface area contributed by atoms with E-state index in [4.69, 9.17) is 12.2 Å². The van der Waals surface area contributed by atoms with Crippen molar-refractivity contribution in [2.24, 2.45) is 0 Å². The van der Waals surface area contributed by atoms with Gasteiger partial charge in [-0.15, -0.1) is 11.8 Å². The van der Waals surface area contributed by atoms with E-state index in [1.807, 2.05) is 17.8 Å². The predicted molar refractivity (Wildman–Crippen MR) is 76.0 cm³/mol. The van der Waals surface area contributed by atoms with Crippen LogP contribution in [0.5, 0.6) is 0 Å². The fourth-order valence-electron chi connectivity index (χ4n) is 1.16. The average Bonchev–Trinajstić information content (AvgIpc) is 2.25. The topological polar surface area (TPSA) is 24.1 Å². The molecule has 0 spiro atoms. The minimum absolute atomic E-state index is 0.391. The summed E-state index contributed by atoms with van der Waals surface area (Å²) in [5.74, 6) is 1.02. The first-order chi connectivity index (χ1) is 7.68. The molecule has 0 heterocycles. The third-order valence-electron chi connectivity index (χ3n) is 1.82. The standard InChI is InChI=1S/C12H18N2S2/c1-10(2)14-12(15)13-8-9-16-11-6-4-3-5-7-11/h3-7,10H,8-9H2,1-2H3,(H2,13,14,15). The molecule has 0 bridgehead atoms. The van der Waals surface area contributed by atoms with Crippen LogP contribution in [-0.4, -0.2) is 23.5 Å². The summed E-state index contributed by atoms with van der Waals surface area (Å²) in [4.78, 5) is 1.30. The quantitative estimate of drug-likeness (QED) is 0.479. The van der Waals surface area contributed by atoms with E-state index in [1.54, 1.807) is 0 Å². The fourth-order valence-corrected chi connectivity index (χ4v) is 2.29. The van der Waals surface area contributed by atoms with E-state index >= 15 is 0 Å². The van der Waals surface area contributed by atoms with Gasteiger partial charge in [-0.25, -0.2) is 0 Å². The molecule has 1 rings (SSSR count). The Kier molecular flexibility index (Phi) is 6.26. The number of rotatable bonds is 5. The van der Waals surface area contributed by atoms with Gasteiger partial charge < -0.3 is 10.6 Å². The van der Waals surface area contributed by atoms with Crippen molar-refractivity contribution in [1.82, 2.24) is 10.6 Å². The molecule has 0 aliphatic carbocycles. The Labute approximate surface area is 107 Å². The first kappa shape index (κ1) is 13.3. The Morgan fingerprint density at radius 1 is 1.31 bits per heavy atom. The second-order valence-corrected chi connectivity index (χ2v) is 5.29. The summed E-state index contributed by atoms with van der Waals surface area (Å²) in [6.07, 6.45) is 0. The second kappa shape index (κ2) is 7.52. The van der Waals surface area contributed by atoms with Crippen LogP contribution in [0.4, 0.5) is 0 Å². The Morgan fingerprint density at radius 3 is 2.62 bits per heavy atom. The van der Waals surface area contributed by atoms with Gasteiger partial charge in [-0.05, 0) is 38.2 Å². The van der Waals surface area contributed by atoms with Gasteiger partial charge in [0.05, 0.1) is 0 Å². The molecule has 0 amide bonds. The average molecular weight is 254 g/mol. The van der Waals surface area contributed by atoms with Gasteiger partial charge in [-0.3, -0.25) is 0 Å². The molecule has 0 aliphatic rings. The van der Waals surface area contributed by atoms with E-state index in [0.717, 1.165) is 17.4 Å². The zero-order valence-electron chi connectivity index (χ0n) is 9.69. The van der Waals surface area contributed by atoms with Crippen LogP contribution in [0, 0.1) is 0 Å². The molecule has 88 valence electrons. The van der Waals surface area contributed by atoms with Crippen LogP contribution < -0.4 is 10.6 Å². The summed E-state index contributed by atoms with van der Waals surface area (Å²) in [6, 6.07) is 10.8. The zero-order chi connectivity index (χ0) is 11.8. The summed E-state index contributed by atoms with van der Waals surface area (Å²) < 4.78 is 0. The largest absolute Gasteiger partial charge is 0.362 e. The molecule has 2 nitrogen and oxygen atoms in total. The van der Waals surface area contributed by atoms with Crippen LogP contribution in [-0.2, 0) is 0 Å². The van der Waals surface area contributed by atoms with Crippen molar-refractivity contribution in [1.29, 1.82) is 0 Å². The lowest BCUT2D eigenvalue weighted by atomic mass is 10.4. The van der Waals surface area contributed by atoms with Crippen LogP contribution >= 0.6 is 24.0 Å². The third kappa shape index (κ3) is 5.98. The molecule has 0 radical (unpaired) electrons. The molecule has 0 aromatic heterocycles. The molecular weight excluding hydrogens is 236 g/mol. The van der Waals surface area contributed by atoms with Crippen LogP contribution in [0.1, 0.15) is 13.8 Å². The molecule has 1 aromatic carbocycles. The van der Waals surface area contributed by atoms with E-state index in [0.29, 0.717) is 6.04 Å². The smallest absolute Gasteiger partial charge is 0.166 e. The zero-order valence-corrected chi connectivity index (χ0v) is 11.3. The molecule has 0 aliphatic heterocycles. The molecule has 2 N–H and O–H groups in total. The Bertz CT molecular complexity index is 312. The lowest BCUT2D eigenvalue weighted by molar-refractivity contribution is 0.718. The van der Waals surface area contributed by atoms with E-state index < -0.39 is 0 Å². The van der Waals surface area contributed by atoms with Crippen LogP contribution in [0.25, 0.3) is 0 Å². The molecule has 0 fully saturated rings. The number of hydrogen-bond donors (Lipinski definition) is 2. The number of benzene rings is 1. The highest BCUT2D eigenvalue weighted by Crippen LogP contribution is 2.15. The summed E-state index contributed by atoms with van der Waals surface area (Å²) in [5.41, 5.74) is 0. The normalized spacial score (nSPS) is 10.2. The van der Waals surface area contributed by atoms with Crippen molar-refractivity contribution in [2.75, 3.05) is 12.3 Å². The van der Waals surface area contributed by atoms with E-state index in [9.17, 15) is 0 Å². The summed E-state index contributed by atoms with van der Waals surface area (Å²) in [5, 5.41) is 7.08. The Balaban J connectivity index is 2.10. The van der Waals surface area contributed by atoms with Crippen molar-refractivity contribution < 1.29 is 0 Å². The highest BCUT2D eigenvalue weighted by atomic mass is 32.2.